The van der Waals surface area contributed by atoms with Crippen LogP contribution in [-0.4, -0.2) is 28.9 Å². The van der Waals surface area contributed by atoms with Crippen LogP contribution in [0.3, 0.4) is 0 Å². The van der Waals surface area contributed by atoms with Gasteiger partial charge < -0.3 is 14.4 Å². The van der Waals surface area contributed by atoms with E-state index < -0.39 is 51.4 Å². The van der Waals surface area contributed by atoms with E-state index in [1.54, 1.807) is 0 Å². The second-order valence-corrected chi connectivity index (χ2v) is 4.65. The topological polar surface area (TPSA) is 68.5 Å². The van der Waals surface area contributed by atoms with Crippen molar-refractivity contribution in [1.29, 1.82) is 0 Å². The average Bonchev–Trinajstić information content (AvgIpc) is 2.34. The first-order valence-corrected chi connectivity index (χ1v) is 5.95. The van der Waals surface area contributed by atoms with Crippen molar-refractivity contribution < 1.29 is 27.8 Å². The lowest BCUT2D eigenvalue weighted by Crippen LogP contribution is -2.33. The van der Waals surface area contributed by atoms with Crippen LogP contribution in [0.25, 0.3) is 10.9 Å². The molecule has 1 aromatic heterocycles. The fourth-order valence-electron chi connectivity index (χ4n) is 2.26. The first-order chi connectivity index (χ1) is 9.91. The number of nitrogens with zero attached hydrogens (tertiary/aromatic N) is 1. The highest BCUT2D eigenvalue weighted by molar-refractivity contribution is 5.93. The molecular weight excluding hydrogens is 291 g/mol. The van der Waals surface area contributed by atoms with E-state index in [1.807, 2.05) is 0 Å². The van der Waals surface area contributed by atoms with Gasteiger partial charge in [0.25, 0.3) is 0 Å². The molecule has 1 N–H and O–H groups in total. The van der Waals surface area contributed by atoms with Crippen LogP contribution in [0.5, 0.6) is 0 Å². The van der Waals surface area contributed by atoms with Gasteiger partial charge in [-0.05, 0) is 0 Å². The van der Waals surface area contributed by atoms with Crippen molar-refractivity contribution in [2.24, 2.45) is 0 Å². The molecule has 3 rings (SSSR count). The summed E-state index contributed by atoms with van der Waals surface area (Å²) in [6, 6.07) is -0.256. The Morgan fingerprint density at radius 2 is 1.95 bits per heavy atom. The highest BCUT2D eigenvalue weighted by Crippen LogP contribution is 2.27. The van der Waals surface area contributed by atoms with E-state index >= 15 is 0 Å². The number of hydrogen-bond donors (Lipinski definition) is 1. The molecule has 2 heterocycles. The number of benzene rings is 1. The lowest BCUT2D eigenvalue weighted by molar-refractivity contribution is -0.0219. The van der Waals surface area contributed by atoms with E-state index in [4.69, 9.17) is 9.84 Å². The standard InChI is InChI=1S/C13H8F3NO4/c14-7-1-8(15)10(16)11-9(7)12(18)6(13(19)20)2-17(11)5-3-21-4-5/h1-2,5H,3-4H2,(H,19,20). The van der Waals surface area contributed by atoms with Crippen molar-refractivity contribution in [2.75, 3.05) is 13.2 Å². The number of aromatic nitrogens is 1. The number of fused-ring (bicyclic) bond motifs is 1. The summed E-state index contributed by atoms with van der Waals surface area (Å²) in [7, 11) is 0. The van der Waals surface area contributed by atoms with Gasteiger partial charge in [0.1, 0.15) is 11.4 Å². The number of aromatic carboxylic acids is 1. The molecule has 2 aromatic rings. The molecule has 110 valence electrons. The summed E-state index contributed by atoms with van der Waals surface area (Å²) in [6.45, 7) is 0.267. The highest BCUT2D eigenvalue weighted by Gasteiger charge is 2.28. The van der Waals surface area contributed by atoms with E-state index in [9.17, 15) is 22.8 Å². The van der Waals surface area contributed by atoms with Crippen molar-refractivity contribution in [2.45, 2.75) is 6.04 Å². The first-order valence-electron chi connectivity index (χ1n) is 5.95. The predicted molar refractivity (Wildman–Crippen MR) is 64.9 cm³/mol. The Labute approximate surface area is 115 Å². The molecule has 5 nitrogen and oxygen atoms in total. The van der Waals surface area contributed by atoms with E-state index in [1.165, 1.54) is 0 Å². The zero-order chi connectivity index (χ0) is 15.3. The molecule has 0 unspecified atom stereocenters. The molecule has 21 heavy (non-hydrogen) atoms. The van der Waals surface area contributed by atoms with Crippen LogP contribution in [0.1, 0.15) is 16.4 Å². The fraction of sp³-hybridized carbons (Fsp3) is 0.231. The number of carbonyl (C=O) groups is 1. The van der Waals surface area contributed by atoms with Crippen LogP contribution < -0.4 is 5.43 Å². The van der Waals surface area contributed by atoms with Crippen molar-refractivity contribution in [3.8, 4) is 0 Å². The van der Waals surface area contributed by atoms with Gasteiger partial charge in [-0.25, -0.2) is 18.0 Å². The zero-order valence-corrected chi connectivity index (χ0v) is 10.4. The Morgan fingerprint density at radius 3 is 2.48 bits per heavy atom. The summed E-state index contributed by atoms with van der Waals surface area (Å²) >= 11 is 0. The smallest absolute Gasteiger partial charge is 0.341 e. The minimum atomic E-state index is -1.57. The zero-order valence-electron chi connectivity index (χ0n) is 10.4. The average molecular weight is 299 g/mol. The third kappa shape index (κ3) is 1.90. The highest BCUT2D eigenvalue weighted by atomic mass is 19.2. The van der Waals surface area contributed by atoms with Gasteiger partial charge in [0.05, 0.1) is 30.2 Å². The molecule has 0 saturated carbocycles. The van der Waals surface area contributed by atoms with Crippen molar-refractivity contribution in [3.05, 3.63) is 45.5 Å². The SMILES string of the molecule is O=C(O)c1cn(C2COC2)c2c(F)c(F)cc(F)c2c1=O. The number of carboxylic acid groups (broad SMARTS) is 1. The summed E-state index contributed by atoms with van der Waals surface area (Å²) in [5.74, 6) is -5.71. The van der Waals surface area contributed by atoms with Gasteiger partial charge in [-0.2, -0.15) is 0 Å². The Kier molecular flexibility index (Phi) is 2.98. The number of rotatable bonds is 2. The Balaban J connectivity index is 2.51. The van der Waals surface area contributed by atoms with E-state index in [-0.39, 0.29) is 19.3 Å². The van der Waals surface area contributed by atoms with Gasteiger partial charge in [-0.1, -0.05) is 0 Å². The van der Waals surface area contributed by atoms with Crippen LogP contribution >= 0.6 is 0 Å². The van der Waals surface area contributed by atoms with Gasteiger partial charge in [-0.15, -0.1) is 0 Å². The van der Waals surface area contributed by atoms with Gasteiger partial charge >= 0.3 is 5.97 Å². The number of carboxylic acids is 1. The van der Waals surface area contributed by atoms with Crippen LogP contribution in [0, 0.1) is 17.5 Å². The third-order valence-electron chi connectivity index (χ3n) is 3.39. The molecule has 1 aliphatic heterocycles. The lowest BCUT2D eigenvalue weighted by Gasteiger charge is -2.30. The molecule has 0 spiro atoms. The van der Waals surface area contributed by atoms with Crippen LogP contribution in [0.4, 0.5) is 13.2 Å². The molecule has 1 aromatic carbocycles. The van der Waals surface area contributed by atoms with Crippen molar-refractivity contribution in [1.82, 2.24) is 4.57 Å². The van der Waals surface area contributed by atoms with Gasteiger partial charge in [0.2, 0.25) is 5.43 Å². The van der Waals surface area contributed by atoms with Gasteiger partial charge in [-0.3, -0.25) is 4.79 Å². The molecule has 1 saturated heterocycles. The molecule has 8 heteroatoms. The minimum absolute atomic E-state index is 0.134. The normalized spacial score (nSPS) is 15.2. The summed E-state index contributed by atoms with van der Waals surface area (Å²) in [6.07, 6.45) is 0.891. The first kappa shape index (κ1) is 13.6. The Bertz CT molecular complexity index is 827. The summed E-state index contributed by atoms with van der Waals surface area (Å²) in [4.78, 5) is 23.1. The maximum absolute atomic E-state index is 14.0. The Hall–Kier alpha value is -2.35. The molecule has 0 atom stereocenters. The number of halogens is 3. The number of hydrogen-bond acceptors (Lipinski definition) is 3. The Morgan fingerprint density at radius 1 is 1.29 bits per heavy atom. The lowest BCUT2D eigenvalue weighted by atomic mass is 10.1. The number of ether oxygens (including phenoxy) is 1. The van der Waals surface area contributed by atoms with Crippen LogP contribution in [0.15, 0.2) is 17.1 Å². The second kappa shape index (κ2) is 4.59. The number of pyridine rings is 1. The third-order valence-corrected chi connectivity index (χ3v) is 3.39. The van der Waals surface area contributed by atoms with E-state index in [0.29, 0.717) is 0 Å². The minimum Gasteiger partial charge on any atom is -0.477 e. The van der Waals surface area contributed by atoms with Gasteiger partial charge in [0, 0.05) is 12.3 Å². The summed E-state index contributed by atoms with van der Waals surface area (Å²) < 4.78 is 47.2. The monoisotopic (exact) mass is 299 g/mol. The van der Waals surface area contributed by atoms with Crippen LogP contribution in [-0.2, 0) is 4.74 Å². The van der Waals surface area contributed by atoms with E-state index in [2.05, 4.69) is 0 Å². The molecule has 0 bridgehead atoms. The van der Waals surface area contributed by atoms with Gasteiger partial charge in [0.15, 0.2) is 11.6 Å². The summed E-state index contributed by atoms with van der Waals surface area (Å²) in [5, 5.41) is 8.22. The molecule has 0 amide bonds. The fourth-order valence-corrected chi connectivity index (χ4v) is 2.26. The molecule has 1 aliphatic rings. The quantitative estimate of drug-likeness (QED) is 0.857. The van der Waals surface area contributed by atoms with Crippen molar-refractivity contribution in [3.63, 3.8) is 0 Å². The molecule has 1 fully saturated rings. The van der Waals surface area contributed by atoms with Crippen LogP contribution in [0.2, 0.25) is 0 Å². The molecular formula is C13H8F3NO4. The predicted octanol–water partition coefficient (Wildman–Crippen LogP) is 1.69. The van der Waals surface area contributed by atoms with Crippen molar-refractivity contribution >= 4 is 16.9 Å². The second-order valence-electron chi connectivity index (χ2n) is 4.65. The summed E-state index contributed by atoms with van der Waals surface area (Å²) in [5.41, 5.74) is -2.49. The largest absolute Gasteiger partial charge is 0.477 e. The maximum atomic E-state index is 14.0. The molecule has 0 radical (unpaired) electrons. The maximum Gasteiger partial charge on any atom is 0.341 e. The molecule has 0 aliphatic carbocycles. The van der Waals surface area contributed by atoms with E-state index in [0.717, 1.165) is 10.8 Å².